The van der Waals surface area contributed by atoms with Gasteiger partial charge in [-0.2, -0.15) is 0 Å². The van der Waals surface area contributed by atoms with E-state index < -0.39 is 168 Å². The average molecular weight is 981 g/mol. The fourth-order valence-electron chi connectivity index (χ4n) is 8.63. The Morgan fingerprint density at radius 3 is 1.06 bits per heavy atom. The van der Waals surface area contributed by atoms with Gasteiger partial charge in [-0.1, -0.05) is 65.5 Å². The average Bonchev–Trinajstić information content (AvgIpc) is 3.35. The van der Waals surface area contributed by atoms with E-state index in [-0.39, 0.29) is 33.6 Å². The molecule has 9 rings (SSSR count). The number of fused-ring (bicyclic) bond motifs is 2. The van der Waals surface area contributed by atoms with Crippen LogP contribution >= 0.6 is 0 Å². The van der Waals surface area contributed by atoms with Gasteiger partial charge in [-0.25, -0.2) is 87.8 Å². The first-order chi connectivity index (χ1) is 32.6. The quantitative estimate of drug-likeness (QED) is 0.0666. The fraction of sp³-hybridized carbons (Fsp3) is 0. The summed E-state index contributed by atoms with van der Waals surface area (Å²) >= 11 is 0. The topological polar surface area (TPSA) is 3.24 Å². The lowest BCUT2D eigenvalue weighted by molar-refractivity contribution is 0.382. The minimum absolute atomic E-state index is 0.0135. The molecule has 0 aromatic heterocycles. The summed E-state index contributed by atoms with van der Waals surface area (Å²) in [5.74, 6) is -54.6. The summed E-state index contributed by atoms with van der Waals surface area (Å²) in [5.41, 5.74) is -10.9. The zero-order valence-electron chi connectivity index (χ0n) is 33.2. The lowest BCUT2D eigenvalue weighted by Crippen LogP contribution is -2.58. The Balaban J connectivity index is 1.39. The van der Waals surface area contributed by atoms with Crippen molar-refractivity contribution < 1.29 is 87.8 Å². The van der Waals surface area contributed by atoms with Gasteiger partial charge in [0.2, 0.25) is 0 Å². The molecule has 0 aliphatic carbocycles. The Labute approximate surface area is 372 Å². The molecule has 0 amide bonds. The van der Waals surface area contributed by atoms with Gasteiger partial charge in [0, 0.05) is 38.5 Å². The van der Waals surface area contributed by atoms with Gasteiger partial charge in [0.1, 0.15) is 0 Å². The van der Waals surface area contributed by atoms with Crippen molar-refractivity contribution in [3.8, 4) is 11.1 Å². The second kappa shape index (κ2) is 16.7. The van der Waals surface area contributed by atoms with Gasteiger partial charge in [0.05, 0.1) is 11.4 Å². The van der Waals surface area contributed by atoms with E-state index >= 15 is 35.1 Å². The Bertz CT molecular complexity index is 3300. The maximum Gasteiger partial charge on any atom is 0.257 e. The van der Waals surface area contributed by atoms with Gasteiger partial charge in [0.15, 0.2) is 116 Å². The van der Waals surface area contributed by atoms with Crippen molar-refractivity contribution in [3.63, 3.8) is 0 Å². The second-order valence-corrected chi connectivity index (χ2v) is 15.1. The van der Waals surface area contributed by atoms with Crippen LogP contribution in [0, 0.1) is 116 Å². The molecule has 8 aromatic rings. The molecule has 0 fully saturated rings. The van der Waals surface area contributed by atoms with Crippen LogP contribution in [0.25, 0.3) is 21.9 Å². The first-order valence-corrected chi connectivity index (χ1v) is 19.2. The molecule has 1 nitrogen and oxygen atoms in total. The molecule has 1 aliphatic heterocycles. The highest BCUT2D eigenvalue weighted by Crippen LogP contribution is 2.50. The van der Waals surface area contributed by atoms with E-state index in [1.54, 1.807) is 0 Å². The highest BCUT2D eigenvalue weighted by Gasteiger charge is 2.44. The molecule has 0 spiro atoms. The number of hydrogen-bond donors (Lipinski definition) is 0. The summed E-state index contributed by atoms with van der Waals surface area (Å²) in [6, 6.07) is 14.3. The van der Waals surface area contributed by atoms with Gasteiger partial charge < -0.3 is 4.90 Å². The van der Waals surface area contributed by atoms with Gasteiger partial charge in [0.25, 0.3) is 13.4 Å². The number of hydrogen-bond acceptors (Lipinski definition) is 1. The van der Waals surface area contributed by atoms with Crippen molar-refractivity contribution in [3.05, 3.63) is 195 Å². The summed E-state index contributed by atoms with van der Waals surface area (Å²) in [7, 11) is 0. The third-order valence-corrected chi connectivity index (χ3v) is 11.6. The number of rotatable bonds is 7. The molecule has 0 unspecified atom stereocenters. The number of halogens is 20. The zero-order chi connectivity index (χ0) is 50.0. The molecule has 1 heterocycles. The number of benzene rings is 8. The molecule has 69 heavy (non-hydrogen) atoms. The highest BCUT2D eigenvalue weighted by atomic mass is 19.2. The van der Waals surface area contributed by atoms with Crippen LogP contribution in [0.1, 0.15) is 0 Å². The molecule has 23 heteroatoms. The van der Waals surface area contributed by atoms with Crippen LogP contribution in [0.4, 0.5) is 105 Å². The Kier molecular flexibility index (Phi) is 11.3. The molecular formula is C46H13B2F20N. The van der Waals surface area contributed by atoms with Crippen molar-refractivity contribution in [2.24, 2.45) is 0 Å². The van der Waals surface area contributed by atoms with Crippen molar-refractivity contribution >= 4 is 74.0 Å². The first-order valence-electron chi connectivity index (χ1n) is 19.2. The fourth-order valence-corrected chi connectivity index (χ4v) is 8.63. The number of para-hydroxylation sites is 1. The molecular weight excluding hydrogens is 968 g/mol. The van der Waals surface area contributed by atoms with E-state index in [1.165, 1.54) is 36.4 Å². The smallest absolute Gasteiger partial charge is 0.257 e. The van der Waals surface area contributed by atoms with E-state index in [9.17, 15) is 52.7 Å². The van der Waals surface area contributed by atoms with E-state index in [0.717, 1.165) is 41.3 Å². The van der Waals surface area contributed by atoms with Crippen LogP contribution < -0.4 is 37.7 Å². The van der Waals surface area contributed by atoms with Gasteiger partial charge in [-0.05, 0) is 35.2 Å². The van der Waals surface area contributed by atoms with Crippen LogP contribution in [0.15, 0.2) is 78.9 Å². The Morgan fingerprint density at radius 1 is 0.290 bits per heavy atom. The number of anilines is 3. The van der Waals surface area contributed by atoms with Crippen molar-refractivity contribution in [2.45, 2.75) is 0 Å². The largest absolute Gasteiger partial charge is 0.309 e. The summed E-state index contributed by atoms with van der Waals surface area (Å²) in [5, 5.41) is -0.674. The number of nitrogens with zero attached hydrogens (tertiary/aromatic N) is 1. The minimum atomic E-state index is -3.07. The lowest BCUT2D eigenvalue weighted by atomic mass is 9.35. The van der Waals surface area contributed by atoms with E-state index in [4.69, 9.17) is 0 Å². The minimum Gasteiger partial charge on any atom is -0.309 e. The van der Waals surface area contributed by atoms with Crippen LogP contribution in [-0.2, 0) is 0 Å². The van der Waals surface area contributed by atoms with E-state index in [0.29, 0.717) is 6.07 Å². The van der Waals surface area contributed by atoms with Crippen molar-refractivity contribution in [1.29, 1.82) is 0 Å². The lowest BCUT2D eigenvalue weighted by Gasteiger charge is -2.35. The van der Waals surface area contributed by atoms with Gasteiger partial charge in [-0.15, -0.1) is 0 Å². The zero-order valence-corrected chi connectivity index (χ0v) is 33.2. The predicted octanol–water partition coefficient (Wildman–Crippen LogP) is 10.1. The Hall–Kier alpha value is -7.45. The summed E-state index contributed by atoms with van der Waals surface area (Å²) < 4.78 is 302. The van der Waals surface area contributed by atoms with E-state index in [2.05, 4.69) is 0 Å². The van der Waals surface area contributed by atoms with Crippen LogP contribution in [0.2, 0.25) is 0 Å². The van der Waals surface area contributed by atoms with Gasteiger partial charge >= 0.3 is 0 Å². The molecule has 1 aliphatic rings. The highest BCUT2D eigenvalue weighted by molar-refractivity contribution is 6.97. The molecule has 348 valence electrons. The first kappa shape index (κ1) is 46.7. The monoisotopic (exact) mass is 981 g/mol. The molecule has 0 bridgehead atoms. The molecule has 0 atom stereocenters. The molecule has 8 aromatic carbocycles. The summed E-state index contributed by atoms with van der Waals surface area (Å²) in [6.07, 6.45) is 0. The maximum atomic E-state index is 15.8. The predicted molar refractivity (Wildman–Crippen MR) is 212 cm³/mol. The molecule has 0 radical (unpaired) electrons. The normalized spacial score (nSPS) is 12.0. The van der Waals surface area contributed by atoms with E-state index in [1.807, 2.05) is 0 Å². The third-order valence-electron chi connectivity index (χ3n) is 11.6. The Morgan fingerprint density at radius 2 is 0.652 bits per heavy atom. The van der Waals surface area contributed by atoms with Crippen LogP contribution in [-0.4, -0.2) is 13.4 Å². The summed E-state index contributed by atoms with van der Waals surface area (Å²) in [4.78, 5) is 1.15. The van der Waals surface area contributed by atoms with Crippen LogP contribution in [0.5, 0.6) is 0 Å². The standard InChI is InChI=1S/C46H13B2F20N/c49-27-23(28(50)36(58)43(65)35(27)57)47(24-29(51)37(59)44(66)38(60)30(24)52)14-9-10-16-17-11-12-19(18-7-4-8-20(22(17)18)69(21(16)13-14)15-5-2-1-3-6-15)48(25-31(53)39(61)45(67)40(62)32(25)54)26-33(55)41(63)46(68)42(64)34(26)56/h1-13H. The third kappa shape index (κ3) is 6.66. The summed E-state index contributed by atoms with van der Waals surface area (Å²) in [6.45, 7) is -6.13. The van der Waals surface area contributed by atoms with Crippen molar-refractivity contribution in [1.82, 2.24) is 0 Å². The SMILES string of the molecule is Fc1c(F)c(F)c(B(c2ccc3c(c2)N(c2ccccc2)c2cccc4c(B(c5c(F)c(F)c(F)c(F)c5F)c5c(F)c(F)c(F)c(F)c5F)ccc-3c24)c2c(F)c(F)c(F)c(F)c2F)c(F)c1F. The van der Waals surface area contributed by atoms with Gasteiger partial charge in [-0.3, -0.25) is 0 Å². The molecule has 0 saturated heterocycles. The second-order valence-electron chi connectivity index (χ2n) is 15.1. The van der Waals surface area contributed by atoms with Crippen LogP contribution in [0.3, 0.4) is 0 Å². The maximum absolute atomic E-state index is 15.8. The molecule has 0 saturated carbocycles. The van der Waals surface area contributed by atoms with Crippen molar-refractivity contribution in [2.75, 3.05) is 4.90 Å². The molecule has 0 N–H and O–H groups in total.